The zero-order chi connectivity index (χ0) is 10.8. The predicted molar refractivity (Wildman–Crippen MR) is 58.9 cm³/mol. The third-order valence-corrected chi connectivity index (χ3v) is 2.58. The highest BCUT2D eigenvalue weighted by Crippen LogP contribution is 2.25. The van der Waals surface area contributed by atoms with E-state index in [1.165, 1.54) is 19.3 Å². The molecular formula is C11H23NO3. The molecule has 0 aromatic carbocycles. The maximum absolute atomic E-state index is 5.48. The lowest BCUT2D eigenvalue weighted by Gasteiger charge is -2.24. The zero-order valence-electron chi connectivity index (χ0n) is 9.45. The van der Waals surface area contributed by atoms with Crippen LogP contribution in [0, 0.1) is 5.92 Å². The first-order valence-electron chi connectivity index (χ1n) is 5.87. The van der Waals surface area contributed by atoms with Gasteiger partial charge in [-0.2, -0.15) is 0 Å². The fourth-order valence-corrected chi connectivity index (χ4v) is 1.43. The normalized spacial score (nSPS) is 16.6. The summed E-state index contributed by atoms with van der Waals surface area (Å²) in [6.07, 6.45) is 4.06. The van der Waals surface area contributed by atoms with Crippen molar-refractivity contribution < 1.29 is 14.2 Å². The second-order valence-electron chi connectivity index (χ2n) is 3.89. The van der Waals surface area contributed by atoms with E-state index in [9.17, 15) is 0 Å². The predicted octanol–water partition coefficient (Wildman–Crippen LogP) is 0.795. The van der Waals surface area contributed by atoms with Gasteiger partial charge in [0.1, 0.15) is 0 Å². The van der Waals surface area contributed by atoms with Crippen molar-refractivity contribution in [3.63, 3.8) is 0 Å². The Labute approximate surface area is 92.1 Å². The average Bonchev–Trinajstić information content (AvgIpc) is 2.18. The highest BCUT2D eigenvalue weighted by molar-refractivity contribution is 4.68. The minimum atomic E-state index is 0.574. The molecule has 1 rings (SSSR count). The maximum atomic E-state index is 5.48. The highest BCUT2D eigenvalue weighted by Gasteiger charge is 2.16. The van der Waals surface area contributed by atoms with Crippen LogP contribution < -0.4 is 5.73 Å². The molecule has 0 atom stereocenters. The van der Waals surface area contributed by atoms with E-state index < -0.39 is 0 Å². The number of hydrogen-bond donors (Lipinski definition) is 1. The number of hydrogen-bond acceptors (Lipinski definition) is 4. The van der Waals surface area contributed by atoms with E-state index in [0.29, 0.717) is 39.6 Å². The van der Waals surface area contributed by atoms with Gasteiger partial charge in [0.05, 0.1) is 33.0 Å². The standard InChI is InChI=1S/C11H23NO3/c12-4-5-13-6-7-14-8-9-15-10-11-2-1-3-11/h11H,1-10,12H2. The van der Waals surface area contributed by atoms with Crippen molar-refractivity contribution in [1.82, 2.24) is 0 Å². The van der Waals surface area contributed by atoms with Crippen molar-refractivity contribution in [2.45, 2.75) is 19.3 Å². The van der Waals surface area contributed by atoms with Crippen LogP contribution in [0.2, 0.25) is 0 Å². The quantitative estimate of drug-likeness (QED) is 0.550. The molecule has 4 nitrogen and oxygen atoms in total. The topological polar surface area (TPSA) is 53.7 Å². The molecule has 0 aromatic heterocycles. The highest BCUT2D eigenvalue weighted by atomic mass is 16.5. The largest absolute Gasteiger partial charge is 0.379 e. The Morgan fingerprint density at radius 3 is 2.00 bits per heavy atom. The third kappa shape index (κ3) is 6.84. The third-order valence-electron chi connectivity index (χ3n) is 2.58. The minimum Gasteiger partial charge on any atom is -0.379 e. The van der Waals surface area contributed by atoms with Crippen LogP contribution in [0.3, 0.4) is 0 Å². The van der Waals surface area contributed by atoms with E-state index in [2.05, 4.69) is 0 Å². The Hall–Kier alpha value is -0.160. The molecule has 0 bridgehead atoms. The van der Waals surface area contributed by atoms with Crippen LogP contribution in [0.15, 0.2) is 0 Å². The Balaban J connectivity index is 1.66. The number of rotatable bonds is 10. The summed E-state index contributed by atoms with van der Waals surface area (Å²) in [5.74, 6) is 0.817. The minimum absolute atomic E-state index is 0.574. The molecular weight excluding hydrogens is 194 g/mol. The van der Waals surface area contributed by atoms with Gasteiger partial charge in [-0.15, -0.1) is 0 Å². The molecule has 15 heavy (non-hydrogen) atoms. The van der Waals surface area contributed by atoms with E-state index in [1.54, 1.807) is 0 Å². The molecule has 1 aliphatic rings. The second-order valence-corrected chi connectivity index (χ2v) is 3.89. The van der Waals surface area contributed by atoms with Crippen molar-refractivity contribution in [2.24, 2.45) is 11.7 Å². The van der Waals surface area contributed by atoms with Crippen LogP contribution in [0.5, 0.6) is 0 Å². The van der Waals surface area contributed by atoms with E-state index in [4.69, 9.17) is 19.9 Å². The van der Waals surface area contributed by atoms with Crippen LogP contribution in [-0.4, -0.2) is 46.2 Å². The fourth-order valence-electron chi connectivity index (χ4n) is 1.43. The molecule has 1 aliphatic carbocycles. The van der Waals surface area contributed by atoms with Gasteiger partial charge in [-0.3, -0.25) is 0 Å². The summed E-state index contributed by atoms with van der Waals surface area (Å²) < 4.78 is 16.0. The molecule has 90 valence electrons. The van der Waals surface area contributed by atoms with Crippen LogP contribution in [-0.2, 0) is 14.2 Å². The summed E-state index contributed by atoms with van der Waals surface area (Å²) in [7, 11) is 0. The molecule has 0 unspecified atom stereocenters. The molecule has 1 saturated carbocycles. The SMILES string of the molecule is NCCOCCOCCOCC1CCC1. The van der Waals surface area contributed by atoms with Crippen molar-refractivity contribution in [3.8, 4) is 0 Å². The molecule has 0 spiro atoms. The summed E-state index contributed by atoms with van der Waals surface area (Å²) in [4.78, 5) is 0. The molecule has 0 aliphatic heterocycles. The fraction of sp³-hybridized carbons (Fsp3) is 1.00. The van der Waals surface area contributed by atoms with Crippen molar-refractivity contribution in [1.29, 1.82) is 0 Å². The lowest BCUT2D eigenvalue weighted by molar-refractivity contribution is 0.00125. The van der Waals surface area contributed by atoms with Gasteiger partial charge in [0.2, 0.25) is 0 Å². The van der Waals surface area contributed by atoms with Crippen LogP contribution in [0.1, 0.15) is 19.3 Å². The molecule has 4 heteroatoms. The van der Waals surface area contributed by atoms with Crippen molar-refractivity contribution >= 4 is 0 Å². The molecule has 2 N–H and O–H groups in total. The summed E-state index contributed by atoms with van der Waals surface area (Å²) >= 11 is 0. The average molecular weight is 217 g/mol. The monoisotopic (exact) mass is 217 g/mol. The second kappa shape index (κ2) is 9.09. The van der Waals surface area contributed by atoms with Crippen LogP contribution in [0.4, 0.5) is 0 Å². The van der Waals surface area contributed by atoms with Crippen LogP contribution in [0.25, 0.3) is 0 Å². The Morgan fingerprint density at radius 2 is 1.47 bits per heavy atom. The first kappa shape index (κ1) is 12.9. The maximum Gasteiger partial charge on any atom is 0.0701 e. The van der Waals surface area contributed by atoms with E-state index >= 15 is 0 Å². The van der Waals surface area contributed by atoms with E-state index in [0.717, 1.165) is 12.5 Å². The Bertz CT molecular complexity index is 140. The van der Waals surface area contributed by atoms with Gasteiger partial charge >= 0.3 is 0 Å². The molecule has 0 saturated heterocycles. The first-order chi connectivity index (χ1) is 7.43. The smallest absolute Gasteiger partial charge is 0.0701 e. The lowest BCUT2D eigenvalue weighted by Crippen LogP contribution is -2.19. The van der Waals surface area contributed by atoms with E-state index in [1.807, 2.05) is 0 Å². The summed E-state index contributed by atoms with van der Waals surface area (Å²) in [6, 6.07) is 0. The molecule has 0 aromatic rings. The molecule has 1 fully saturated rings. The molecule has 0 amide bonds. The van der Waals surface area contributed by atoms with Gasteiger partial charge in [-0.25, -0.2) is 0 Å². The van der Waals surface area contributed by atoms with Gasteiger partial charge in [0.25, 0.3) is 0 Å². The molecule has 0 radical (unpaired) electrons. The lowest BCUT2D eigenvalue weighted by atomic mass is 9.86. The summed E-state index contributed by atoms with van der Waals surface area (Å²) in [6.45, 7) is 4.72. The summed E-state index contributed by atoms with van der Waals surface area (Å²) in [5.41, 5.74) is 5.27. The first-order valence-corrected chi connectivity index (χ1v) is 5.87. The van der Waals surface area contributed by atoms with Crippen molar-refractivity contribution in [2.75, 3.05) is 46.2 Å². The zero-order valence-corrected chi connectivity index (χ0v) is 9.45. The number of ether oxygens (including phenoxy) is 3. The Kier molecular flexibility index (Phi) is 7.83. The Morgan fingerprint density at radius 1 is 0.867 bits per heavy atom. The van der Waals surface area contributed by atoms with Gasteiger partial charge in [-0.1, -0.05) is 6.42 Å². The van der Waals surface area contributed by atoms with Crippen molar-refractivity contribution in [3.05, 3.63) is 0 Å². The van der Waals surface area contributed by atoms with Gasteiger partial charge in [0.15, 0.2) is 0 Å². The van der Waals surface area contributed by atoms with Gasteiger partial charge in [0, 0.05) is 13.2 Å². The van der Waals surface area contributed by atoms with Gasteiger partial charge < -0.3 is 19.9 Å². The number of nitrogens with two attached hydrogens (primary N) is 1. The van der Waals surface area contributed by atoms with E-state index in [-0.39, 0.29) is 0 Å². The molecule has 0 heterocycles. The van der Waals surface area contributed by atoms with Crippen LogP contribution >= 0.6 is 0 Å². The van der Waals surface area contributed by atoms with Gasteiger partial charge in [-0.05, 0) is 18.8 Å². The summed E-state index contributed by atoms with van der Waals surface area (Å²) in [5, 5.41) is 0.